The Morgan fingerprint density at radius 2 is 1.94 bits per heavy atom. The zero-order valence-electron chi connectivity index (χ0n) is 9.23. The molecule has 1 rings (SSSR count). The van der Waals surface area contributed by atoms with Crippen molar-refractivity contribution in [1.82, 2.24) is 0 Å². The van der Waals surface area contributed by atoms with Gasteiger partial charge in [0, 0.05) is 4.47 Å². The third-order valence-corrected chi connectivity index (χ3v) is 2.69. The van der Waals surface area contributed by atoms with Gasteiger partial charge in [0.2, 0.25) is 0 Å². The van der Waals surface area contributed by atoms with Crippen LogP contribution in [0.15, 0.2) is 22.2 Å². The molecule has 90 valence electrons. The molecule has 0 bridgehead atoms. The molecule has 1 aromatic carbocycles. The average molecular weight is 301 g/mol. The van der Waals surface area contributed by atoms with Gasteiger partial charge in [0.05, 0.1) is 22.9 Å². The number of nitrogens with zero attached hydrogens (tertiary/aromatic N) is 1. The van der Waals surface area contributed by atoms with Crippen molar-refractivity contribution in [3.8, 4) is 6.07 Å². The minimum atomic E-state index is -0.779. The molecule has 0 amide bonds. The maximum Gasteiger partial charge on any atom is 0.136 e. The third-order valence-electron chi connectivity index (χ3n) is 2.24. The summed E-state index contributed by atoms with van der Waals surface area (Å²) in [6.07, 6.45) is 1.08. The molecule has 0 aliphatic heterocycles. The molecule has 0 aliphatic rings. The second kappa shape index (κ2) is 5.78. The summed E-state index contributed by atoms with van der Waals surface area (Å²) in [6, 6.07) is 4.11. The second-order valence-electron chi connectivity index (χ2n) is 3.50. The molecule has 0 aromatic heterocycles. The number of allylic oxidation sites excluding steroid dienone is 1. The van der Waals surface area contributed by atoms with Crippen LogP contribution in [0, 0.1) is 23.0 Å². The Balaban J connectivity index is 3.39. The standard InChI is InChI=1S/C12H11BrF2N2/c1-2-3-7(6-16)12(17)11-9(14)4-8(13)5-10(11)15/h4-5H,2-3,17H2,1H3. The summed E-state index contributed by atoms with van der Waals surface area (Å²) in [5, 5.41) is 8.88. The molecule has 0 saturated carbocycles. The number of halogens is 3. The normalized spacial score (nSPS) is 11.9. The van der Waals surface area contributed by atoms with E-state index in [1.165, 1.54) is 0 Å². The van der Waals surface area contributed by atoms with E-state index < -0.39 is 11.6 Å². The van der Waals surface area contributed by atoms with Gasteiger partial charge in [-0.2, -0.15) is 5.26 Å². The molecule has 17 heavy (non-hydrogen) atoms. The van der Waals surface area contributed by atoms with Crippen molar-refractivity contribution in [2.75, 3.05) is 0 Å². The van der Waals surface area contributed by atoms with E-state index >= 15 is 0 Å². The molecule has 0 heterocycles. The zero-order valence-corrected chi connectivity index (χ0v) is 10.8. The quantitative estimate of drug-likeness (QED) is 0.865. The molecular formula is C12H11BrF2N2. The zero-order chi connectivity index (χ0) is 13.0. The molecule has 0 radical (unpaired) electrons. The first-order valence-corrected chi connectivity index (χ1v) is 5.84. The van der Waals surface area contributed by atoms with Gasteiger partial charge in [-0.15, -0.1) is 0 Å². The van der Waals surface area contributed by atoms with E-state index in [0.717, 1.165) is 12.1 Å². The molecule has 0 saturated heterocycles. The van der Waals surface area contributed by atoms with E-state index in [1.807, 2.05) is 13.0 Å². The van der Waals surface area contributed by atoms with Crippen LogP contribution in [0.25, 0.3) is 5.70 Å². The van der Waals surface area contributed by atoms with Crippen LogP contribution >= 0.6 is 15.9 Å². The number of rotatable bonds is 3. The lowest BCUT2D eigenvalue weighted by molar-refractivity contribution is 0.574. The maximum atomic E-state index is 13.6. The van der Waals surface area contributed by atoms with E-state index in [4.69, 9.17) is 11.0 Å². The van der Waals surface area contributed by atoms with E-state index in [-0.39, 0.29) is 21.3 Å². The third kappa shape index (κ3) is 3.04. The van der Waals surface area contributed by atoms with Gasteiger partial charge in [-0.1, -0.05) is 29.3 Å². The first-order valence-electron chi connectivity index (χ1n) is 5.04. The Labute approximate surface area is 107 Å². The van der Waals surface area contributed by atoms with Crippen LogP contribution in [0.2, 0.25) is 0 Å². The highest BCUT2D eigenvalue weighted by atomic mass is 79.9. The maximum absolute atomic E-state index is 13.6. The fraction of sp³-hybridized carbons (Fsp3) is 0.250. The van der Waals surface area contributed by atoms with Crippen molar-refractivity contribution in [2.45, 2.75) is 19.8 Å². The first-order chi connectivity index (χ1) is 8.01. The summed E-state index contributed by atoms with van der Waals surface area (Å²) in [5.74, 6) is -1.56. The Morgan fingerprint density at radius 1 is 1.41 bits per heavy atom. The molecule has 2 N–H and O–H groups in total. The molecule has 1 aromatic rings. The van der Waals surface area contributed by atoms with Crippen LogP contribution in [0.4, 0.5) is 8.78 Å². The number of hydrogen-bond donors (Lipinski definition) is 1. The largest absolute Gasteiger partial charge is 0.397 e. The van der Waals surface area contributed by atoms with Crippen LogP contribution in [0.5, 0.6) is 0 Å². The molecule has 2 nitrogen and oxygen atoms in total. The van der Waals surface area contributed by atoms with E-state index in [1.54, 1.807) is 0 Å². The summed E-state index contributed by atoms with van der Waals surface area (Å²) in [7, 11) is 0. The van der Waals surface area contributed by atoms with Crippen LogP contribution in [-0.4, -0.2) is 0 Å². The lowest BCUT2D eigenvalue weighted by Gasteiger charge is -2.08. The van der Waals surface area contributed by atoms with Gasteiger partial charge < -0.3 is 5.73 Å². The van der Waals surface area contributed by atoms with Crippen LogP contribution in [-0.2, 0) is 0 Å². The summed E-state index contributed by atoms with van der Waals surface area (Å²) in [6.45, 7) is 1.86. The van der Waals surface area contributed by atoms with Gasteiger partial charge in [0.25, 0.3) is 0 Å². The summed E-state index contributed by atoms with van der Waals surface area (Å²) < 4.78 is 27.5. The fourth-order valence-electron chi connectivity index (χ4n) is 1.45. The molecule has 0 atom stereocenters. The van der Waals surface area contributed by atoms with Crippen molar-refractivity contribution in [3.05, 3.63) is 39.4 Å². The number of nitrogens with two attached hydrogens (primary N) is 1. The van der Waals surface area contributed by atoms with Gasteiger partial charge in [-0.3, -0.25) is 0 Å². The van der Waals surface area contributed by atoms with Crippen LogP contribution < -0.4 is 5.73 Å². The topological polar surface area (TPSA) is 49.8 Å². The highest BCUT2D eigenvalue weighted by Gasteiger charge is 2.16. The lowest BCUT2D eigenvalue weighted by Crippen LogP contribution is -2.06. The number of benzene rings is 1. The van der Waals surface area contributed by atoms with E-state index in [2.05, 4.69) is 15.9 Å². The van der Waals surface area contributed by atoms with Crippen molar-refractivity contribution in [3.63, 3.8) is 0 Å². The van der Waals surface area contributed by atoms with Crippen molar-refractivity contribution in [2.24, 2.45) is 5.73 Å². The Bertz CT molecular complexity index is 481. The van der Waals surface area contributed by atoms with Gasteiger partial charge >= 0.3 is 0 Å². The SMILES string of the molecule is CCCC(C#N)=C(N)c1c(F)cc(Br)cc1F. The first kappa shape index (κ1) is 13.7. The molecule has 0 fully saturated rings. The summed E-state index contributed by atoms with van der Waals surface area (Å²) >= 11 is 2.98. The molecule has 0 unspecified atom stereocenters. The molecule has 5 heteroatoms. The highest BCUT2D eigenvalue weighted by molar-refractivity contribution is 9.10. The predicted molar refractivity (Wildman–Crippen MR) is 65.7 cm³/mol. The Morgan fingerprint density at radius 3 is 2.35 bits per heavy atom. The second-order valence-corrected chi connectivity index (χ2v) is 4.41. The van der Waals surface area contributed by atoms with Gasteiger partial charge in [-0.25, -0.2) is 8.78 Å². The monoisotopic (exact) mass is 300 g/mol. The lowest BCUT2D eigenvalue weighted by atomic mass is 10.0. The van der Waals surface area contributed by atoms with Crippen molar-refractivity contribution >= 4 is 21.6 Å². The Hall–Kier alpha value is -1.41. The minimum absolute atomic E-state index is 0.128. The Kier molecular flexibility index (Phi) is 4.64. The molecule has 0 aliphatic carbocycles. The number of hydrogen-bond acceptors (Lipinski definition) is 2. The predicted octanol–water partition coefficient (Wildman–Crippen LogP) is 3.72. The van der Waals surface area contributed by atoms with E-state index in [9.17, 15) is 8.78 Å². The minimum Gasteiger partial charge on any atom is -0.397 e. The molecule has 0 spiro atoms. The van der Waals surface area contributed by atoms with Crippen molar-refractivity contribution in [1.29, 1.82) is 5.26 Å². The van der Waals surface area contributed by atoms with Crippen LogP contribution in [0.1, 0.15) is 25.3 Å². The summed E-state index contributed by atoms with van der Waals surface area (Å²) in [4.78, 5) is 0. The van der Waals surface area contributed by atoms with Gasteiger partial charge in [0.1, 0.15) is 11.6 Å². The number of nitriles is 1. The smallest absolute Gasteiger partial charge is 0.136 e. The van der Waals surface area contributed by atoms with Crippen molar-refractivity contribution < 1.29 is 8.78 Å². The van der Waals surface area contributed by atoms with E-state index in [0.29, 0.717) is 12.8 Å². The van der Waals surface area contributed by atoms with Gasteiger partial charge in [0.15, 0.2) is 0 Å². The van der Waals surface area contributed by atoms with Crippen LogP contribution in [0.3, 0.4) is 0 Å². The molecular weight excluding hydrogens is 290 g/mol. The summed E-state index contributed by atoms with van der Waals surface area (Å²) in [5.41, 5.74) is 5.39. The van der Waals surface area contributed by atoms with Gasteiger partial charge in [-0.05, 0) is 18.6 Å². The highest BCUT2D eigenvalue weighted by Crippen LogP contribution is 2.25. The fourth-order valence-corrected chi connectivity index (χ4v) is 1.85. The average Bonchev–Trinajstić information content (AvgIpc) is 2.24.